The molecular weight excluding hydrogens is 447 g/mol. The van der Waals surface area contributed by atoms with Gasteiger partial charge in [-0.15, -0.1) is 0 Å². The molecule has 0 amide bonds. The fraction of sp³-hybridized carbons (Fsp3) is 0.360. The molecule has 34 heavy (non-hydrogen) atoms. The van der Waals surface area contributed by atoms with Crippen molar-refractivity contribution in [1.29, 1.82) is 0 Å². The molecule has 1 aliphatic heterocycles. The number of likely N-dealkylation sites (tertiary alicyclic amines) is 1. The van der Waals surface area contributed by atoms with Crippen molar-refractivity contribution in [3.63, 3.8) is 0 Å². The Morgan fingerprint density at radius 2 is 1.62 bits per heavy atom. The van der Waals surface area contributed by atoms with Gasteiger partial charge < -0.3 is 19.7 Å². The smallest absolute Gasteiger partial charge is 0.475 e. The van der Waals surface area contributed by atoms with E-state index in [4.69, 9.17) is 9.90 Å². The lowest BCUT2D eigenvalue weighted by atomic mass is 9.93. The van der Waals surface area contributed by atoms with Crippen LogP contribution < -0.4 is 0 Å². The first-order valence-electron chi connectivity index (χ1n) is 11.0. The van der Waals surface area contributed by atoms with Crippen molar-refractivity contribution in [2.45, 2.75) is 31.0 Å². The van der Waals surface area contributed by atoms with Crippen LogP contribution in [0.1, 0.15) is 36.1 Å². The summed E-state index contributed by atoms with van der Waals surface area (Å²) in [6.07, 6.45) is 0.593. The van der Waals surface area contributed by atoms with E-state index in [9.17, 15) is 18.3 Å². The molecule has 0 radical (unpaired) electrons. The van der Waals surface area contributed by atoms with Crippen molar-refractivity contribution in [1.82, 2.24) is 14.5 Å². The van der Waals surface area contributed by atoms with E-state index in [1.54, 1.807) is 0 Å². The average molecular weight is 476 g/mol. The minimum absolute atomic E-state index is 0.442. The van der Waals surface area contributed by atoms with Crippen LogP contribution in [0.5, 0.6) is 0 Å². The summed E-state index contributed by atoms with van der Waals surface area (Å²) >= 11 is 0. The molecule has 1 unspecified atom stereocenters. The summed E-state index contributed by atoms with van der Waals surface area (Å²) in [5.41, 5.74) is 4.70. The van der Waals surface area contributed by atoms with Crippen molar-refractivity contribution in [3.05, 3.63) is 78.4 Å². The lowest BCUT2D eigenvalue weighted by molar-refractivity contribution is -0.192. The molecule has 1 aliphatic rings. The summed E-state index contributed by atoms with van der Waals surface area (Å²) in [5.74, 6) is -2.18. The van der Waals surface area contributed by atoms with E-state index in [2.05, 4.69) is 57.9 Å². The van der Waals surface area contributed by atoms with Crippen LogP contribution >= 0.6 is 0 Å². The quantitative estimate of drug-likeness (QED) is 0.563. The number of carboxylic acids is 1. The van der Waals surface area contributed by atoms with E-state index in [1.165, 1.54) is 16.8 Å². The Kier molecular flexibility index (Phi) is 8.46. The standard InChI is InChI=1S/C23H27N3O.C2HF3O2/c1-25-17-24-15-22(25)20-11-13-26(14-12-20)16-23(27)21-9-7-19(8-10-21)18-5-3-2-4-6-18;3-2(4,5)1(6)7/h2-10,15,17,20,23,27H,11-14,16H2,1H3;(H,6,7). The first-order valence-corrected chi connectivity index (χ1v) is 11.0. The highest BCUT2D eigenvalue weighted by molar-refractivity contribution is 5.73. The molecule has 0 aliphatic carbocycles. The zero-order valence-corrected chi connectivity index (χ0v) is 18.8. The number of imidazole rings is 1. The van der Waals surface area contributed by atoms with E-state index in [-0.39, 0.29) is 0 Å². The number of hydrogen-bond acceptors (Lipinski definition) is 4. The van der Waals surface area contributed by atoms with Crippen LogP contribution in [0.15, 0.2) is 67.1 Å². The van der Waals surface area contributed by atoms with Crippen LogP contribution in [-0.4, -0.2) is 56.4 Å². The number of β-amino-alcohol motifs (C(OH)–C–C–N with tert-alkyl or cyclic N) is 1. The van der Waals surface area contributed by atoms with Crippen molar-refractivity contribution in [3.8, 4) is 11.1 Å². The molecule has 1 aromatic heterocycles. The van der Waals surface area contributed by atoms with Gasteiger partial charge in [-0.05, 0) is 42.6 Å². The average Bonchev–Trinajstić information content (AvgIpc) is 3.26. The number of piperidine rings is 1. The third-order valence-corrected chi connectivity index (χ3v) is 5.94. The van der Waals surface area contributed by atoms with Crippen molar-refractivity contribution < 1.29 is 28.2 Å². The lowest BCUT2D eigenvalue weighted by Crippen LogP contribution is -2.36. The molecule has 2 N–H and O–H groups in total. The van der Waals surface area contributed by atoms with E-state index in [0.717, 1.165) is 31.5 Å². The number of benzene rings is 2. The largest absolute Gasteiger partial charge is 0.490 e. The van der Waals surface area contributed by atoms with Crippen molar-refractivity contribution in [2.75, 3.05) is 19.6 Å². The first kappa shape index (κ1) is 25.5. The topological polar surface area (TPSA) is 78.6 Å². The van der Waals surface area contributed by atoms with Gasteiger partial charge in [0.2, 0.25) is 0 Å². The zero-order chi connectivity index (χ0) is 24.7. The summed E-state index contributed by atoms with van der Waals surface area (Å²) in [6.45, 7) is 2.74. The Bertz CT molecular complexity index is 1040. The zero-order valence-electron chi connectivity index (χ0n) is 18.8. The van der Waals surface area contributed by atoms with Gasteiger partial charge in [0.1, 0.15) is 0 Å². The van der Waals surface area contributed by atoms with Gasteiger partial charge in [-0.1, -0.05) is 54.6 Å². The number of nitrogens with zero attached hydrogens (tertiary/aromatic N) is 3. The summed E-state index contributed by atoms with van der Waals surface area (Å²) in [4.78, 5) is 15.5. The maximum Gasteiger partial charge on any atom is 0.490 e. The molecule has 0 bridgehead atoms. The van der Waals surface area contributed by atoms with Crippen LogP contribution in [0, 0.1) is 0 Å². The molecule has 182 valence electrons. The second kappa shape index (κ2) is 11.3. The molecule has 3 aromatic rings. The third-order valence-electron chi connectivity index (χ3n) is 5.94. The number of aliphatic carboxylic acids is 1. The van der Waals surface area contributed by atoms with E-state index in [0.29, 0.717) is 12.5 Å². The number of aryl methyl sites for hydroxylation is 1. The normalized spacial score (nSPS) is 15.9. The van der Waals surface area contributed by atoms with Crippen LogP contribution in [0.3, 0.4) is 0 Å². The van der Waals surface area contributed by atoms with E-state index >= 15 is 0 Å². The number of aliphatic hydroxyl groups is 1. The fourth-order valence-electron chi connectivity index (χ4n) is 4.05. The van der Waals surface area contributed by atoms with Crippen molar-refractivity contribution >= 4 is 5.97 Å². The Hall–Kier alpha value is -3.17. The molecule has 4 rings (SSSR count). The number of carbonyl (C=O) groups is 1. The second-order valence-electron chi connectivity index (χ2n) is 8.31. The fourth-order valence-corrected chi connectivity index (χ4v) is 4.05. The highest BCUT2D eigenvalue weighted by atomic mass is 19.4. The van der Waals surface area contributed by atoms with Gasteiger partial charge in [-0.25, -0.2) is 9.78 Å². The Labute approximate surface area is 196 Å². The van der Waals surface area contributed by atoms with Gasteiger partial charge >= 0.3 is 12.1 Å². The highest BCUT2D eigenvalue weighted by Gasteiger charge is 2.38. The number of alkyl halides is 3. The number of rotatable bonds is 5. The number of aromatic nitrogens is 2. The number of halogens is 3. The third kappa shape index (κ3) is 6.91. The Balaban J connectivity index is 0.000000406. The van der Waals surface area contributed by atoms with Gasteiger partial charge in [0.15, 0.2) is 0 Å². The monoisotopic (exact) mass is 475 g/mol. The van der Waals surface area contributed by atoms with Gasteiger partial charge in [0.25, 0.3) is 0 Å². The summed E-state index contributed by atoms with van der Waals surface area (Å²) < 4.78 is 33.9. The van der Waals surface area contributed by atoms with E-state index < -0.39 is 18.2 Å². The van der Waals surface area contributed by atoms with Crippen LogP contribution in [0.25, 0.3) is 11.1 Å². The minimum atomic E-state index is -5.08. The van der Waals surface area contributed by atoms with Gasteiger partial charge in [-0.3, -0.25) is 0 Å². The maximum absolute atomic E-state index is 10.7. The molecule has 1 fully saturated rings. The van der Waals surface area contributed by atoms with Crippen LogP contribution in [0.4, 0.5) is 13.2 Å². The molecule has 1 saturated heterocycles. The molecule has 0 saturated carbocycles. The van der Waals surface area contributed by atoms with Crippen LogP contribution in [-0.2, 0) is 11.8 Å². The number of carboxylic acid groups (broad SMARTS) is 1. The molecule has 6 nitrogen and oxygen atoms in total. The SMILES string of the molecule is Cn1cncc1C1CCN(CC(O)c2ccc(-c3ccccc3)cc2)CC1.O=C(O)C(F)(F)F. The summed E-state index contributed by atoms with van der Waals surface area (Å²) in [5, 5.41) is 17.8. The molecule has 2 aromatic carbocycles. The van der Waals surface area contributed by atoms with Crippen LogP contribution in [0.2, 0.25) is 0 Å². The van der Waals surface area contributed by atoms with E-state index in [1.807, 2.05) is 30.7 Å². The molecular formula is C25H28F3N3O3. The maximum atomic E-state index is 10.7. The number of hydrogen-bond donors (Lipinski definition) is 2. The molecule has 1 atom stereocenters. The van der Waals surface area contributed by atoms with Gasteiger partial charge in [0.05, 0.1) is 12.4 Å². The predicted molar refractivity (Wildman–Crippen MR) is 122 cm³/mol. The molecule has 0 spiro atoms. The highest BCUT2D eigenvalue weighted by Crippen LogP contribution is 2.29. The summed E-state index contributed by atoms with van der Waals surface area (Å²) in [7, 11) is 2.07. The van der Waals surface area contributed by atoms with Gasteiger partial charge in [-0.2, -0.15) is 13.2 Å². The second-order valence-corrected chi connectivity index (χ2v) is 8.31. The lowest BCUT2D eigenvalue weighted by Gasteiger charge is -2.33. The minimum Gasteiger partial charge on any atom is -0.475 e. The Morgan fingerprint density at radius 3 is 2.12 bits per heavy atom. The van der Waals surface area contributed by atoms with Gasteiger partial charge in [0, 0.05) is 31.4 Å². The number of aliphatic hydroxyl groups excluding tert-OH is 1. The molecule has 2 heterocycles. The van der Waals surface area contributed by atoms with Crippen molar-refractivity contribution in [2.24, 2.45) is 7.05 Å². The summed E-state index contributed by atoms with van der Waals surface area (Å²) in [6, 6.07) is 18.6. The molecule has 9 heteroatoms. The predicted octanol–water partition coefficient (Wildman–Crippen LogP) is 4.63. The first-order chi connectivity index (χ1) is 16.1. The Morgan fingerprint density at radius 1 is 1.06 bits per heavy atom.